The number of aliphatic hydroxyl groups is 1. The van der Waals surface area contributed by atoms with Crippen LogP contribution in [0.3, 0.4) is 0 Å². The van der Waals surface area contributed by atoms with Gasteiger partial charge in [0.25, 0.3) is 0 Å². The number of carbonyl (C=O) groups is 2. The van der Waals surface area contributed by atoms with Crippen LogP contribution >= 0.6 is 0 Å². The van der Waals surface area contributed by atoms with E-state index in [2.05, 4.69) is 18.2 Å². The van der Waals surface area contributed by atoms with E-state index in [0.29, 0.717) is 5.75 Å². The Morgan fingerprint density at radius 2 is 2.07 bits per heavy atom. The Hall–Kier alpha value is -2.84. The minimum Gasteiger partial charge on any atom is -0.506 e. The van der Waals surface area contributed by atoms with Gasteiger partial charge in [0.2, 0.25) is 0 Å². The van der Waals surface area contributed by atoms with Gasteiger partial charge in [-0.1, -0.05) is 19.6 Å². The molecule has 2 rings (SSSR count). The van der Waals surface area contributed by atoms with Gasteiger partial charge in [-0.15, -0.1) is 0 Å². The first kappa shape index (κ1) is 23.4. The second kappa shape index (κ2) is 11.4. The van der Waals surface area contributed by atoms with Crippen LogP contribution < -0.4 is 4.74 Å². The third-order valence-electron chi connectivity index (χ3n) is 4.37. The molecule has 1 saturated heterocycles. The first-order valence-electron chi connectivity index (χ1n) is 9.73. The van der Waals surface area contributed by atoms with Crippen LogP contribution in [0.5, 0.6) is 5.75 Å². The Morgan fingerprint density at radius 1 is 1.30 bits per heavy atom. The lowest BCUT2D eigenvalue weighted by atomic mass is 10.1. The largest absolute Gasteiger partial charge is 0.506 e. The fourth-order valence-corrected chi connectivity index (χ4v) is 2.85. The molecule has 3 unspecified atom stereocenters. The SMILES string of the molecule is C=CC(=O)OC/C(O)=C\OCC(=O)Oc1ccc(C2OC(C)CC(CC)O2)cc1C. The van der Waals surface area contributed by atoms with E-state index in [4.69, 9.17) is 18.9 Å². The molecule has 1 heterocycles. The molecular weight excluding hydrogens is 392 g/mol. The summed E-state index contributed by atoms with van der Waals surface area (Å²) in [6.45, 7) is 8.34. The number of aryl methyl sites for hydroxylation is 1. The van der Waals surface area contributed by atoms with Crippen LogP contribution in [-0.2, 0) is 28.5 Å². The van der Waals surface area contributed by atoms with Crippen molar-refractivity contribution in [2.75, 3.05) is 13.2 Å². The molecule has 0 bridgehead atoms. The standard InChI is InChI=1S/C22H28O8/c1-5-18-10-15(4)28-22(29-18)16-7-8-19(14(3)9-16)30-21(25)13-26-11-17(23)12-27-20(24)6-2/h6-9,11,15,18,22-23H,2,5,10,12-13H2,1,3-4H3/b17-11+. The molecule has 164 valence electrons. The van der Waals surface area contributed by atoms with Crippen molar-refractivity contribution in [3.05, 3.63) is 54.0 Å². The molecule has 8 heteroatoms. The Kier molecular flexibility index (Phi) is 8.89. The lowest BCUT2D eigenvalue weighted by Gasteiger charge is -2.34. The smallest absolute Gasteiger partial charge is 0.349 e. The molecule has 0 saturated carbocycles. The predicted molar refractivity (Wildman–Crippen MR) is 108 cm³/mol. The Labute approximate surface area is 176 Å². The highest BCUT2D eigenvalue weighted by atomic mass is 16.7. The van der Waals surface area contributed by atoms with Gasteiger partial charge in [-0.25, -0.2) is 9.59 Å². The maximum absolute atomic E-state index is 12.0. The van der Waals surface area contributed by atoms with Gasteiger partial charge in [0.1, 0.15) is 12.0 Å². The molecule has 1 aliphatic heterocycles. The van der Waals surface area contributed by atoms with E-state index in [1.165, 1.54) is 0 Å². The molecular formula is C22H28O8. The van der Waals surface area contributed by atoms with Crippen LogP contribution in [0.15, 0.2) is 42.9 Å². The van der Waals surface area contributed by atoms with Crippen LogP contribution in [0.2, 0.25) is 0 Å². The van der Waals surface area contributed by atoms with Crippen LogP contribution in [0, 0.1) is 6.92 Å². The molecule has 30 heavy (non-hydrogen) atoms. The zero-order chi connectivity index (χ0) is 22.1. The fourth-order valence-electron chi connectivity index (χ4n) is 2.85. The third-order valence-corrected chi connectivity index (χ3v) is 4.37. The second-order valence-electron chi connectivity index (χ2n) is 6.91. The molecule has 1 aliphatic rings. The summed E-state index contributed by atoms with van der Waals surface area (Å²) in [5, 5.41) is 9.50. The number of ether oxygens (including phenoxy) is 5. The fraction of sp³-hybridized carbons (Fsp3) is 0.455. The molecule has 1 N–H and O–H groups in total. The van der Waals surface area contributed by atoms with E-state index in [1.807, 2.05) is 19.9 Å². The molecule has 0 radical (unpaired) electrons. The summed E-state index contributed by atoms with van der Waals surface area (Å²) < 4.78 is 26.7. The van der Waals surface area contributed by atoms with Gasteiger partial charge in [-0.2, -0.15) is 0 Å². The van der Waals surface area contributed by atoms with Crippen molar-refractivity contribution in [1.29, 1.82) is 0 Å². The summed E-state index contributed by atoms with van der Waals surface area (Å²) in [7, 11) is 0. The van der Waals surface area contributed by atoms with Gasteiger partial charge in [0, 0.05) is 11.6 Å². The Bertz CT molecular complexity index is 785. The third kappa shape index (κ3) is 7.20. The second-order valence-corrected chi connectivity index (χ2v) is 6.91. The molecule has 0 aromatic heterocycles. The van der Waals surface area contributed by atoms with E-state index in [-0.39, 0.29) is 24.6 Å². The van der Waals surface area contributed by atoms with Crippen molar-refractivity contribution in [3.8, 4) is 5.75 Å². The van der Waals surface area contributed by atoms with Crippen LogP contribution in [0.1, 0.15) is 44.1 Å². The van der Waals surface area contributed by atoms with Crippen molar-refractivity contribution < 1.29 is 38.4 Å². The van der Waals surface area contributed by atoms with Gasteiger partial charge in [-0.05, 0) is 44.4 Å². The van der Waals surface area contributed by atoms with E-state index >= 15 is 0 Å². The average molecular weight is 420 g/mol. The van der Waals surface area contributed by atoms with Crippen LogP contribution in [0.4, 0.5) is 0 Å². The summed E-state index contributed by atoms with van der Waals surface area (Å²) in [4.78, 5) is 22.9. The number of aliphatic hydroxyl groups excluding tert-OH is 1. The molecule has 1 aromatic rings. The van der Waals surface area contributed by atoms with Crippen molar-refractivity contribution in [3.63, 3.8) is 0 Å². The highest BCUT2D eigenvalue weighted by Crippen LogP contribution is 2.33. The summed E-state index contributed by atoms with van der Waals surface area (Å²) in [5.74, 6) is -1.30. The lowest BCUT2D eigenvalue weighted by molar-refractivity contribution is -0.243. The number of rotatable bonds is 9. The molecule has 3 atom stereocenters. The maximum atomic E-state index is 12.0. The number of carbonyl (C=O) groups excluding carboxylic acids is 2. The minimum absolute atomic E-state index is 0.105. The molecule has 0 spiro atoms. The number of hydrogen-bond acceptors (Lipinski definition) is 8. The van der Waals surface area contributed by atoms with Gasteiger partial charge >= 0.3 is 11.9 Å². The van der Waals surface area contributed by atoms with E-state index < -0.39 is 24.8 Å². The topological polar surface area (TPSA) is 101 Å². The van der Waals surface area contributed by atoms with Crippen molar-refractivity contribution in [2.45, 2.75) is 52.1 Å². The van der Waals surface area contributed by atoms with Crippen molar-refractivity contribution >= 4 is 11.9 Å². The molecule has 0 amide bonds. The molecule has 0 aliphatic carbocycles. The van der Waals surface area contributed by atoms with Gasteiger partial charge in [-0.3, -0.25) is 0 Å². The van der Waals surface area contributed by atoms with Gasteiger partial charge < -0.3 is 28.8 Å². The van der Waals surface area contributed by atoms with Crippen LogP contribution in [0.25, 0.3) is 0 Å². The first-order chi connectivity index (χ1) is 14.3. The van der Waals surface area contributed by atoms with E-state index in [1.54, 1.807) is 12.1 Å². The normalized spacial score (nSPS) is 21.6. The average Bonchev–Trinajstić information content (AvgIpc) is 2.72. The molecule has 1 aromatic carbocycles. The first-order valence-corrected chi connectivity index (χ1v) is 9.73. The summed E-state index contributed by atoms with van der Waals surface area (Å²) in [6.07, 6.45) is 3.47. The van der Waals surface area contributed by atoms with Crippen LogP contribution in [-0.4, -0.2) is 42.5 Å². The minimum atomic E-state index is -0.683. The van der Waals surface area contributed by atoms with E-state index in [9.17, 15) is 14.7 Å². The summed E-state index contributed by atoms with van der Waals surface area (Å²) in [6, 6.07) is 5.34. The Balaban J connectivity index is 1.87. The zero-order valence-corrected chi connectivity index (χ0v) is 17.5. The predicted octanol–water partition coefficient (Wildman–Crippen LogP) is 3.65. The number of hydrogen-bond donors (Lipinski definition) is 1. The maximum Gasteiger partial charge on any atom is 0.349 e. The highest BCUT2D eigenvalue weighted by Gasteiger charge is 2.28. The van der Waals surface area contributed by atoms with Crippen molar-refractivity contribution in [1.82, 2.24) is 0 Å². The summed E-state index contributed by atoms with van der Waals surface area (Å²) in [5.41, 5.74) is 1.60. The van der Waals surface area contributed by atoms with Crippen molar-refractivity contribution in [2.24, 2.45) is 0 Å². The van der Waals surface area contributed by atoms with E-state index in [0.717, 1.165) is 36.3 Å². The molecule has 8 nitrogen and oxygen atoms in total. The monoisotopic (exact) mass is 420 g/mol. The summed E-state index contributed by atoms with van der Waals surface area (Å²) >= 11 is 0. The number of benzene rings is 1. The van der Waals surface area contributed by atoms with Gasteiger partial charge in [0.05, 0.1) is 12.2 Å². The zero-order valence-electron chi connectivity index (χ0n) is 17.5. The number of esters is 2. The lowest BCUT2D eigenvalue weighted by Crippen LogP contribution is -2.31. The Morgan fingerprint density at radius 3 is 2.73 bits per heavy atom. The van der Waals surface area contributed by atoms with Gasteiger partial charge in [0.15, 0.2) is 25.3 Å². The highest BCUT2D eigenvalue weighted by molar-refractivity contribution is 5.81. The molecule has 1 fully saturated rings. The quantitative estimate of drug-likeness (QED) is 0.280.